The molecular formula is C9H6N2O3. The second-order valence-corrected chi connectivity index (χ2v) is 2.99. The molecule has 1 amide bonds. The van der Waals surface area contributed by atoms with Crippen LogP contribution in [0.25, 0.3) is 0 Å². The number of hydrogen-bond acceptors (Lipinski definition) is 3. The van der Waals surface area contributed by atoms with Crippen molar-refractivity contribution in [3.05, 3.63) is 39.4 Å². The van der Waals surface area contributed by atoms with Gasteiger partial charge in [0.25, 0.3) is 11.6 Å². The van der Waals surface area contributed by atoms with Gasteiger partial charge in [-0.1, -0.05) is 0 Å². The SMILES string of the molecule is CC1=NC(=O)c2cc([N+](=O)[O-])ccc21. The number of fused-ring (bicyclic) bond motifs is 1. The third-order valence-corrected chi connectivity index (χ3v) is 2.10. The fraction of sp³-hybridized carbons (Fsp3) is 0.111. The molecule has 5 nitrogen and oxygen atoms in total. The maximum absolute atomic E-state index is 11.2. The minimum atomic E-state index is -0.527. The molecule has 2 rings (SSSR count). The van der Waals surface area contributed by atoms with Gasteiger partial charge in [-0.25, -0.2) is 4.99 Å². The lowest BCUT2D eigenvalue weighted by Crippen LogP contribution is -1.96. The lowest BCUT2D eigenvalue weighted by atomic mass is 10.1. The highest BCUT2D eigenvalue weighted by atomic mass is 16.6. The van der Waals surface area contributed by atoms with Gasteiger partial charge < -0.3 is 0 Å². The quantitative estimate of drug-likeness (QED) is 0.498. The van der Waals surface area contributed by atoms with Gasteiger partial charge in [0, 0.05) is 23.4 Å². The van der Waals surface area contributed by atoms with Crippen LogP contribution in [0.15, 0.2) is 23.2 Å². The average molecular weight is 190 g/mol. The first-order valence-corrected chi connectivity index (χ1v) is 3.98. The molecule has 70 valence electrons. The third kappa shape index (κ3) is 1.10. The number of amides is 1. The van der Waals surface area contributed by atoms with Gasteiger partial charge in [0.1, 0.15) is 0 Å². The number of hydrogen-bond donors (Lipinski definition) is 0. The lowest BCUT2D eigenvalue weighted by Gasteiger charge is -1.96. The highest BCUT2D eigenvalue weighted by molar-refractivity contribution is 6.20. The van der Waals surface area contributed by atoms with Gasteiger partial charge in [0.05, 0.1) is 10.5 Å². The topological polar surface area (TPSA) is 72.6 Å². The molecule has 0 saturated carbocycles. The molecule has 5 heteroatoms. The fourth-order valence-corrected chi connectivity index (χ4v) is 1.41. The number of non-ortho nitro benzene ring substituents is 1. The molecular weight excluding hydrogens is 184 g/mol. The largest absolute Gasteiger partial charge is 0.278 e. The van der Waals surface area contributed by atoms with Crippen LogP contribution in [0.4, 0.5) is 5.69 Å². The van der Waals surface area contributed by atoms with E-state index in [9.17, 15) is 14.9 Å². The van der Waals surface area contributed by atoms with E-state index in [2.05, 4.69) is 4.99 Å². The summed E-state index contributed by atoms with van der Waals surface area (Å²) in [6.07, 6.45) is 0. The molecule has 0 unspecified atom stereocenters. The summed E-state index contributed by atoms with van der Waals surface area (Å²) in [4.78, 5) is 24.9. The number of nitro benzene ring substituents is 1. The third-order valence-electron chi connectivity index (χ3n) is 2.10. The standard InChI is InChI=1S/C9H6N2O3/c1-5-7-3-2-6(11(13)14)4-8(7)9(12)10-5/h2-4H,1H3. The van der Waals surface area contributed by atoms with E-state index in [0.29, 0.717) is 16.8 Å². The van der Waals surface area contributed by atoms with Crippen molar-refractivity contribution < 1.29 is 9.72 Å². The van der Waals surface area contributed by atoms with Crippen molar-refractivity contribution in [3.8, 4) is 0 Å². The highest BCUT2D eigenvalue weighted by Gasteiger charge is 2.22. The Morgan fingerprint density at radius 2 is 2.07 bits per heavy atom. The Bertz CT molecular complexity index is 477. The van der Waals surface area contributed by atoms with Gasteiger partial charge in [0.15, 0.2) is 0 Å². The number of carbonyl (C=O) groups excluding carboxylic acids is 1. The van der Waals surface area contributed by atoms with E-state index in [4.69, 9.17) is 0 Å². The molecule has 0 fully saturated rings. The van der Waals surface area contributed by atoms with E-state index in [1.54, 1.807) is 13.0 Å². The second kappa shape index (κ2) is 2.73. The summed E-state index contributed by atoms with van der Waals surface area (Å²) in [7, 11) is 0. The van der Waals surface area contributed by atoms with E-state index in [-0.39, 0.29) is 5.69 Å². The van der Waals surface area contributed by atoms with Crippen molar-refractivity contribution in [1.82, 2.24) is 0 Å². The Morgan fingerprint density at radius 3 is 2.71 bits per heavy atom. The molecule has 1 aromatic rings. The number of carbonyl (C=O) groups is 1. The summed E-state index contributed by atoms with van der Waals surface area (Å²) in [6, 6.07) is 4.19. The van der Waals surface area contributed by atoms with E-state index < -0.39 is 10.8 Å². The highest BCUT2D eigenvalue weighted by Crippen LogP contribution is 2.23. The zero-order valence-electron chi connectivity index (χ0n) is 7.35. The first-order valence-electron chi connectivity index (χ1n) is 3.98. The zero-order chi connectivity index (χ0) is 10.3. The zero-order valence-corrected chi connectivity index (χ0v) is 7.35. The molecule has 0 aromatic heterocycles. The summed E-state index contributed by atoms with van der Waals surface area (Å²) < 4.78 is 0. The number of nitrogens with zero attached hydrogens (tertiary/aromatic N) is 2. The van der Waals surface area contributed by atoms with Crippen LogP contribution in [0, 0.1) is 10.1 Å². The van der Waals surface area contributed by atoms with Crippen LogP contribution in [-0.4, -0.2) is 16.5 Å². The Kier molecular flexibility index (Phi) is 1.67. The number of nitro groups is 1. The van der Waals surface area contributed by atoms with Gasteiger partial charge in [-0.15, -0.1) is 0 Å². The number of benzene rings is 1. The molecule has 0 aliphatic carbocycles. The van der Waals surface area contributed by atoms with Crippen LogP contribution in [-0.2, 0) is 0 Å². The summed E-state index contributed by atoms with van der Waals surface area (Å²) in [6.45, 7) is 1.70. The van der Waals surface area contributed by atoms with Gasteiger partial charge in [0.2, 0.25) is 0 Å². The van der Waals surface area contributed by atoms with Crippen LogP contribution in [0.3, 0.4) is 0 Å². The minimum absolute atomic E-state index is 0.0815. The van der Waals surface area contributed by atoms with Crippen molar-refractivity contribution in [2.45, 2.75) is 6.92 Å². The van der Waals surface area contributed by atoms with E-state index in [1.165, 1.54) is 12.1 Å². The molecule has 1 aliphatic heterocycles. The van der Waals surface area contributed by atoms with Crippen LogP contribution in [0.5, 0.6) is 0 Å². The van der Waals surface area contributed by atoms with Crippen molar-refractivity contribution in [2.75, 3.05) is 0 Å². The summed E-state index contributed by atoms with van der Waals surface area (Å²) in [5, 5.41) is 10.4. The van der Waals surface area contributed by atoms with E-state index >= 15 is 0 Å². The number of aliphatic imine (C=N–C) groups is 1. The van der Waals surface area contributed by atoms with E-state index in [0.717, 1.165) is 0 Å². The van der Waals surface area contributed by atoms with Crippen LogP contribution >= 0.6 is 0 Å². The van der Waals surface area contributed by atoms with Crippen molar-refractivity contribution >= 4 is 17.3 Å². The normalized spacial score (nSPS) is 13.8. The molecule has 1 aliphatic rings. The fourth-order valence-electron chi connectivity index (χ4n) is 1.41. The molecule has 1 aromatic carbocycles. The number of rotatable bonds is 1. The van der Waals surface area contributed by atoms with Crippen molar-refractivity contribution in [1.29, 1.82) is 0 Å². The van der Waals surface area contributed by atoms with Crippen LogP contribution in [0.2, 0.25) is 0 Å². The Labute approximate surface area is 79.2 Å². The Morgan fingerprint density at radius 1 is 1.36 bits per heavy atom. The lowest BCUT2D eigenvalue weighted by molar-refractivity contribution is -0.384. The van der Waals surface area contributed by atoms with Crippen molar-refractivity contribution in [3.63, 3.8) is 0 Å². The smallest absolute Gasteiger partial charge is 0.267 e. The Balaban J connectivity index is 2.60. The predicted octanol–water partition coefficient (Wildman–Crippen LogP) is 1.56. The molecule has 14 heavy (non-hydrogen) atoms. The molecule has 0 spiro atoms. The van der Waals surface area contributed by atoms with Gasteiger partial charge in [-0.2, -0.15) is 0 Å². The average Bonchev–Trinajstić information content (AvgIpc) is 2.42. The second-order valence-electron chi connectivity index (χ2n) is 2.99. The molecule has 0 radical (unpaired) electrons. The monoisotopic (exact) mass is 190 g/mol. The molecule has 0 saturated heterocycles. The van der Waals surface area contributed by atoms with Gasteiger partial charge >= 0.3 is 0 Å². The molecule has 0 atom stereocenters. The molecule has 0 bridgehead atoms. The summed E-state index contributed by atoms with van der Waals surface area (Å²) >= 11 is 0. The van der Waals surface area contributed by atoms with Crippen LogP contribution in [0.1, 0.15) is 22.8 Å². The first kappa shape index (κ1) is 8.55. The van der Waals surface area contributed by atoms with Crippen LogP contribution < -0.4 is 0 Å². The van der Waals surface area contributed by atoms with E-state index in [1.807, 2.05) is 0 Å². The van der Waals surface area contributed by atoms with Gasteiger partial charge in [-0.3, -0.25) is 14.9 Å². The summed E-state index contributed by atoms with van der Waals surface area (Å²) in [5.41, 5.74) is 1.53. The van der Waals surface area contributed by atoms with Gasteiger partial charge in [-0.05, 0) is 13.0 Å². The molecule has 1 heterocycles. The minimum Gasteiger partial charge on any atom is -0.267 e. The summed E-state index contributed by atoms with van der Waals surface area (Å²) in [5.74, 6) is -0.402. The Hall–Kier alpha value is -2.04. The molecule has 0 N–H and O–H groups in total. The van der Waals surface area contributed by atoms with Crippen molar-refractivity contribution in [2.24, 2.45) is 4.99 Å². The first-order chi connectivity index (χ1) is 6.59. The maximum atomic E-state index is 11.2. The predicted molar refractivity (Wildman–Crippen MR) is 49.6 cm³/mol. The maximum Gasteiger partial charge on any atom is 0.278 e.